The number of piperidine rings is 1. The number of rotatable bonds is 4. The highest BCUT2D eigenvalue weighted by atomic mass is 32.2. The molecular formula is C16H20N4O3S. The van der Waals surface area contributed by atoms with Gasteiger partial charge in [0.2, 0.25) is 15.9 Å². The third-order valence-electron chi connectivity index (χ3n) is 4.19. The molecule has 0 aliphatic carbocycles. The van der Waals surface area contributed by atoms with Crippen LogP contribution in [0.5, 0.6) is 0 Å². The minimum atomic E-state index is -3.76. The topological polar surface area (TPSA) is 84.3 Å². The Hall–Kier alpha value is -2.19. The number of para-hydroxylation sites is 1. The monoisotopic (exact) mass is 348 g/mol. The standard InChI is InChI=1S/C16H20N4O3S/c1-17-16(21)15-9-5-6-10-20(15)24(22,23)14-11-18-19(12-14)13-7-3-2-4-8-13/h2-4,7-8,11-12,15H,5-6,9-10H2,1H3,(H,17,21)/t15-/m0/s1. The molecule has 1 aromatic carbocycles. The number of nitrogens with one attached hydrogen (secondary N) is 1. The molecule has 2 aromatic rings. The van der Waals surface area contributed by atoms with Crippen molar-refractivity contribution in [1.29, 1.82) is 0 Å². The average Bonchev–Trinajstić information content (AvgIpc) is 3.13. The van der Waals surface area contributed by atoms with Crippen LogP contribution < -0.4 is 5.32 Å². The molecule has 3 rings (SSSR count). The molecule has 1 aliphatic heterocycles. The lowest BCUT2D eigenvalue weighted by Gasteiger charge is -2.32. The smallest absolute Gasteiger partial charge is 0.246 e. The van der Waals surface area contributed by atoms with Gasteiger partial charge in [-0.2, -0.15) is 9.40 Å². The van der Waals surface area contributed by atoms with E-state index < -0.39 is 16.1 Å². The van der Waals surface area contributed by atoms with E-state index in [1.165, 1.54) is 28.4 Å². The van der Waals surface area contributed by atoms with Gasteiger partial charge in [-0.1, -0.05) is 24.6 Å². The van der Waals surface area contributed by atoms with Crippen molar-refractivity contribution in [1.82, 2.24) is 19.4 Å². The van der Waals surface area contributed by atoms with Crippen LogP contribution in [0, 0.1) is 0 Å². The fourth-order valence-electron chi connectivity index (χ4n) is 2.92. The molecule has 0 saturated carbocycles. The summed E-state index contributed by atoms with van der Waals surface area (Å²) in [6.07, 6.45) is 4.94. The second kappa shape index (κ2) is 6.74. The predicted molar refractivity (Wildman–Crippen MR) is 89.2 cm³/mol. The fourth-order valence-corrected chi connectivity index (χ4v) is 4.51. The maximum atomic E-state index is 13.0. The summed E-state index contributed by atoms with van der Waals surface area (Å²) in [5, 5.41) is 6.70. The normalized spacial score (nSPS) is 19.1. The number of carbonyl (C=O) groups is 1. The molecule has 1 aliphatic rings. The van der Waals surface area contributed by atoms with E-state index in [4.69, 9.17) is 0 Å². The first-order valence-electron chi connectivity index (χ1n) is 7.87. The van der Waals surface area contributed by atoms with E-state index >= 15 is 0 Å². The molecule has 7 nitrogen and oxygen atoms in total. The van der Waals surface area contributed by atoms with Crippen LogP contribution in [-0.2, 0) is 14.8 Å². The van der Waals surface area contributed by atoms with Crippen LogP contribution in [-0.4, -0.2) is 48.0 Å². The molecule has 2 heterocycles. The number of benzene rings is 1. The van der Waals surface area contributed by atoms with E-state index in [1.54, 1.807) is 0 Å². The molecule has 24 heavy (non-hydrogen) atoms. The van der Waals surface area contributed by atoms with E-state index in [-0.39, 0.29) is 10.8 Å². The van der Waals surface area contributed by atoms with Gasteiger partial charge in [0.05, 0.1) is 18.1 Å². The van der Waals surface area contributed by atoms with E-state index in [9.17, 15) is 13.2 Å². The van der Waals surface area contributed by atoms with Crippen molar-refractivity contribution in [3.63, 3.8) is 0 Å². The molecule has 1 fully saturated rings. The number of nitrogens with zero attached hydrogens (tertiary/aromatic N) is 3. The molecule has 128 valence electrons. The zero-order chi connectivity index (χ0) is 17.2. The van der Waals surface area contributed by atoms with Crippen molar-refractivity contribution >= 4 is 15.9 Å². The third-order valence-corrected chi connectivity index (χ3v) is 6.05. The highest BCUT2D eigenvalue weighted by Crippen LogP contribution is 2.25. The number of sulfonamides is 1. The number of amides is 1. The molecule has 1 aromatic heterocycles. The first-order valence-corrected chi connectivity index (χ1v) is 9.31. The average molecular weight is 348 g/mol. The largest absolute Gasteiger partial charge is 0.358 e. The summed E-state index contributed by atoms with van der Waals surface area (Å²) >= 11 is 0. The van der Waals surface area contributed by atoms with Gasteiger partial charge in [0.25, 0.3) is 0 Å². The Kier molecular flexibility index (Phi) is 4.68. The summed E-state index contributed by atoms with van der Waals surface area (Å²) in [6.45, 7) is 0.344. The van der Waals surface area contributed by atoms with Crippen molar-refractivity contribution in [2.45, 2.75) is 30.2 Å². The van der Waals surface area contributed by atoms with Gasteiger partial charge >= 0.3 is 0 Å². The fraction of sp³-hybridized carbons (Fsp3) is 0.375. The van der Waals surface area contributed by atoms with Gasteiger partial charge in [0.15, 0.2) is 0 Å². The highest BCUT2D eigenvalue weighted by Gasteiger charge is 2.37. The van der Waals surface area contributed by atoms with Gasteiger partial charge < -0.3 is 5.32 Å². The number of likely N-dealkylation sites (N-methyl/N-ethyl adjacent to an activating group) is 1. The van der Waals surface area contributed by atoms with E-state index in [0.717, 1.165) is 18.5 Å². The maximum absolute atomic E-state index is 13.0. The summed E-state index contributed by atoms with van der Waals surface area (Å²) in [5.41, 5.74) is 0.778. The van der Waals surface area contributed by atoms with Crippen molar-refractivity contribution in [2.75, 3.05) is 13.6 Å². The molecule has 1 N–H and O–H groups in total. The Bertz CT molecular complexity index is 817. The minimum Gasteiger partial charge on any atom is -0.358 e. The zero-order valence-electron chi connectivity index (χ0n) is 13.4. The van der Waals surface area contributed by atoms with Gasteiger partial charge in [0.1, 0.15) is 10.9 Å². The van der Waals surface area contributed by atoms with Crippen molar-refractivity contribution in [3.05, 3.63) is 42.7 Å². The van der Waals surface area contributed by atoms with Crippen molar-refractivity contribution in [2.24, 2.45) is 0 Å². The second-order valence-corrected chi connectivity index (χ2v) is 7.59. The van der Waals surface area contributed by atoms with Crippen LogP contribution in [0.3, 0.4) is 0 Å². The Morgan fingerprint density at radius 2 is 2.00 bits per heavy atom. The number of aromatic nitrogens is 2. The molecule has 1 atom stereocenters. The molecular weight excluding hydrogens is 328 g/mol. The quantitative estimate of drug-likeness (QED) is 0.899. The van der Waals surface area contributed by atoms with E-state index in [0.29, 0.717) is 13.0 Å². The van der Waals surface area contributed by atoms with Crippen molar-refractivity contribution < 1.29 is 13.2 Å². The lowest BCUT2D eigenvalue weighted by Crippen LogP contribution is -2.51. The molecule has 1 saturated heterocycles. The Labute approximate surface area is 141 Å². The molecule has 0 bridgehead atoms. The van der Waals surface area contributed by atoms with Crippen molar-refractivity contribution in [3.8, 4) is 5.69 Å². The number of carbonyl (C=O) groups excluding carboxylic acids is 1. The van der Waals surface area contributed by atoms with Crippen LogP contribution >= 0.6 is 0 Å². The molecule has 8 heteroatoms. The van der Waals surface area contributed by atoms with Crippen LogP contribution in [0.25, 0.3) is 5.69 Å². The summed E-state index contributed by atoms with van der Waals surface area (Å²) in [6, 6.07) is 8.63. The SMILES string of the molecule is CNC(=O)[C@@H]1CCCCN1S(=O)(=O)c1cnn(-c2ccccc2)c1. The second-order valence-electron chi connectivity index (χ2n) is 5.70. The minimum absolute atomic E-state index is 0.0992. The first-order chi connectivity index (χ1) is 11.5. The Morgan fingerprint density at radius 3 is 2.71 bits per heavy atom. The number of hydrogen-bond acceptors (Lipinski definition) is 4. The van der Waals surface area contributed by atoms with Gasteiger partial charge in [-0.25, -0.2) is 13.1 Å². The molecule has 0 unspecified atom stereocenters. The third kappa shape index (κ3) is 3.07. The zero-order valence-corrected chi connectivity index (χ0v) is 14.2. The van der Waals surface area contributed by atoms with Gasteiger partial charge in [-0.15, -0.1) is 0 Å². The van der Waals surface area contributed by atoms with Crippen LogP contribution in [0.2, 0.25) is 0 Å². The lowest BCUT2D eigenvalue weighted by molar-refractivity contribution is -0.125. The first kappa shape index (κ1) is 16.7. The predicted octanol–water partition coefficient (Wildman–Crippen LogP) is 1.16. The summed E-state index contributed by atoms with van der Waals surface area (Å²) < 4.78 is 28.7. The Balaban J connectivity index is 1.92. The summed E-state index contributed by atoms with van der Waals surface area (Å²) in [5.74, 6) is -0.270. The van der Waals surface area contributed by atoms with Gasteiger partial charge in [-0.3, -0.25) is 4.79 Å². The van der Waals surface area contributed by atoms with Crippen LogP contribution in [0.15, 0.2) is 47.6 Å². The molecule has 1 amide bonds. The van der Waals surface area contributed by atoms with E-state index in [2.05, 4.69) is 10.4 Å². The van der Waals surface area contributed by atoms with E-state index in [1.807, 2.05) is 30.3 Å². The molecule has 0 spiro atoms. The van der Waals surface area contributed by atoms with Gasteiger partial charge in [0, 0.05) is 13.6 Å². The lowest BCUT2D eigenvalue weighted by atomic mass is 10.0. The summed E-state index contributed by atoms with van der Waals surface area (Å²) in [7, 11) is -2.24. The summed E-state index contributed by atoms with van der Waals surface area (Å²) in [4.78, 5) is 12.1. The maximum Gasteiger partial charge on any atom is 0.246 e. The Morgan fingerprint density at radius 1 is 1.25 bits per heavy atom. The van der Waals surface area contributed by atoms with Crippen LogP contribution in [0.4, 0.5) is 0 Å². The molecule has 0 radical (unpaired) electrons. The van der Waals surface area contributed by atoms with Gasteiger partial charge in [-0.05, 0) is 25.0 Å². The highest BCUT2D eigenvalue weighted by molar-refractivity contribution is 7.89. The number of hydrogen-bond donors (Lipinski definition) is 1. The van der Waals surface area contributed by atoms with Crippen LogP contribution in [0.1, 0.15) is 19.3 Å².